The van der Waals surface area contributed by atoms with E-state index >= 15 is 0 Å². The van der Waals surface area contributed by atoms with Gasteiger partial charge in [0.1, 0.15) is 17.2 Å². The van der Waals surface area contributed by atoms with Crippen molar-refractivity contribution in [2.75, 3.05) is 45.8 Å². The average Bonchev–Trinajstić information content (AvgIpc) is 2.79. The number of anilines is 1. The van der Waals surface area contributed by atoms with E-state index in [0.717, 1.165) is 48.9 Å². The topological polar surface area (TPSA) is 78.4 Å². The lowest BCUT2D eigenvalue weighted by Gasteiger charge is -2.36. The number of aromatic hydroxyl groups is 1. The van der Waals surface area contributed by atoms with Gasteiger partial charge in [0.2, 0.25) is 0 Å². The molecule has 3 rings (SSSR count). The number of hydrogen-bond acceptors (Lipinski definition) is 5. The summed E-state index contributed by atoms with van der Waals surface area (Å²) < 4.78 is 10.7. The summed E-state index contributed by atoms with van der Waals surface area (Å²) in [7, 11) is 5.08. The van der Waals surface area contributed by atoms with Crippen LogP contribution in [0.2, 0.25) is 0 Å². The Labute approximate surface area is 201 Å². The molecule has 0 aliphatic carbocycles. The van der Waals surface area contributed by atoms with Crippen LogP contribution in [0.4, 0.5) is 5.69 Å². The monoisotopic (exact) mass is 540 g/mol. The highest BCUT2D eigenvalue weighted by Gasteiger charge is 2.22. The van der Waals surface area contributed by atoms with Gasteiger partial charge in [-0.1, -0.05) is 18.2 Å². The van der Waals surface area contributed by atoms with E-state index in [4.69, 9.17) is 9.47 Å². The highest BCUT2D eigenvalue weighted by Crippen LogP contribution is 2.30. The molecule has 0 amide bonds. The fourth-order valence-electron chi connectivity index (χ4n) is 3.79. The molecule has 3 N–H and O–H groups in total. The van der Waals surface area contributed by atoms with Crippen LogP contribution in [0.5, 0.6) is 17.2 Å². The number of nitrogens with zero attached hydrogens (tertiary/aromatic N) is 2. The van der Waals surface area contributed by atoms with Crippen molar-refractivity contribution in [3.05, 3.63) is 48.0 Å². The third-order valence-corrected chi connectivity index (χ3v) is 5.39. The molecule has 1 fully saturated rings. The Morgan fingerprint density at radius 3 is 2.71 bits per heavy atom. The first-order valence-corrected chi connectivity index (χ1v) is 10.4. The highest BCUT2D eigenvalue weighted by molar-refractivity contribution is 14.0. The lowest BCUT2D eigenvalue weighted by molar-refractivity contribution is 0.406. The molecule has 2 aromatic carbocycles. The number of benzene rings is 2. The van der Waals surface area contributed by atoms with E-state index in [-0.39, 0.29) is 29.7 Å². The van der Waals surface area contributed by atoms with Crippen molar-refractivity contribution in [3.63, 3.8) is 0 Å². The van der Waals surface area contributed by atoms with Crippen molar-refractivity contribution in [1.29, 1.82) is 0 Å². The van der Waals surface area contributed by atoms with Crippen LogP contribution in [0.3, 0.4) is 0 Å². The summed E-state index contributed by atoms with van der Waals surface area (Å²) in [5.74, 6) is 2.58. The van der Waals surface area contributed by atoms with Gasteiger partial charge in [-0.3, -0.25) is 4.99 Å². The van der Waals surface area contributed by atoms with Crippen LogP contribution in [-0.2, 0) is 6.42 Å². The summed E-state index contributed by atoms with van der Waals surface area (Å²) in [5, 5.41) is 17.0. The van der Waals surface area contributed by atoms with E-state index in [1.165, 1.54) is 0 Å². The van der Waals surface area contributed by atoms with Gasteiger partial charge in [-0.05, 0) is 43.0 Å². The highest BCUT2D eigenvalue weighted by atomic mass is 127. The van der Waals surface area contributed by atoms with E-state index in [1.54, 1.807) is 27.3 Å². The number of guanidine groups is 1. The molecule has 2 aromatic rings. The Kier molecular flexibility index (Phi) is 10.0. The molecule has 0 spiro atoms. The van der Waals surface area contributed by atoms with Gasteiger partial charge in [0.05, 0.1) is 19.9 Å². The Hall–Kier alpha value is -2.36. The molecular formula is C23H33IN4O3. The summed E-state index contributed by atoms with van der Waals surface area (Å²) >= 11 is 0. The van der Waals surface area contributed by atoms with Crippen LogP contribution in [-0.4, -0.2) is 58.0 Å². The Balaban J connectivity index is 0.00000341. The third-order valence-electron chi connectivity index (χ3n) is 5.39. The lowest BCUT2D eigenvalue weighted by Crippen LogP contribution is -2.51. The molecule has 0 aromatic heterocycles. The van der Waals surface area contributed by atoms with Crippen molar-refractivity contribution in [2.24, 2.45) is 4.99 Å². The number of ether oxygens (including phenoxy) is 2. The molecule has 1 unspecified atom stereocenters. The van der Waals surface area contributed by atoms with E-state index in [2.05, 4.69) is 26.6 Å². The fourth-order valence-corrected chi connectivity index (χ4v) is 3.79. The van der Waals surface area contributed by atoms with Crippen LogP contribution < -0.4 is 25.0 Å². The SMILES string of the molecule is CN=C(NCCc1ccc(OC)cc1O)NC1CCCN(c2ccccc2OC)C1.I. The van der Waals surface area contributed by atoms with Crippen LogP contribution in [0.15, 0.2) is 47.5 Å². The van der Waals surface area contributed by atoms with Gasteiger partial charge in [0.15, 0.2) is 5.96 Å². The molecule has 1 atom stereocenters. The molecule has 0 bridgehead atoms. The minimum atomic E-state index is 0. The molecule has 0 saturated carbocycles. The van der Waals surface area contributed by atoms with Crippen molar-refractivity contribution in [2.45, 2.75) is 25.3 Å². The minimum Gasteiger partial charge on any atom is -0.508 e. The molecular weight excluding hydrogens is 507 g/mol. The number of halogens is 1. The van der Waals surface area contributed by atoms with Crippen LogP contribution in [0, 0.1) is 0 Å². The van der Waals surface area contributed by atoms with Crippen LogP contribution in [0.25, 0.3) is 0 Å². The Morgan fingerprint density at radius 2 is 2.00 bits per heavy atom. The van der Waals surface area contributed by atoms with Gasteiger partial charge in [-0.2, -0.15) is 0 Å². The fraction of sp³-hybridized carbons (Fsp3) is 0.435. The predicted octanol–water partition coefficient (Wildman–Crippen LogP) is 3.40. The van der Waals surface area contributed by atoms with Crippen molar-refractivity contribution in [1.82, 2.24) is 10.6 Å². The maximum atomic E-state index is 10.1. The van der Waals surface area contributed by atoms with E-state index in [9.17, 15) is 5.11 Å². The first kappa shape index (κ1) is 24.9. The molecule has 1 aliphatic heterocycles. The average molecular weight is 540 g/mol. The summed E-state index contributed by atoms with van der Waals surface area (Å²) in [6, 6.07) is 13.8. The standard InChI is InChI=1S/C23H32N4O3.HI/c1-24-23(25-13-12-17-10-11-19(29-2)15-21(17)28)26-18-7-6-14-27(16-18)20-8-4-5-9-22(20)30-3;/h4-5,8-11,15,18,28H,6-7,12-14,16H2,1-3H3,(H2,24,25,26);1H. The number of phenols is 1. The maximum absolute atomic E-state index is 10.1. The summed E-state index contributed by atoms with van der Waals surface area (Å²) in [5.41, 5.74) is 2.00. The largest absolute Gasteiger partial charge is 0.508 e. The third kappa shape index (κ3) is 6.81. The number of hydrogen-bond donors (Lipinski definition) is 3. The van der Waals surface area contributed by atoms with E-state index < -0.39 is 0 Å². The molecule has 1 saturated heterocycles. The van der Waals surface area contributed by atoms with Crippen molar-refractivity contribution < 1.29 is 14.6 Å². The summed E-state index contributed by atoms with van der Waals surface area (Å²) in [6.45, 7) is 2.57. The van der Waals surface area contributed by atoms with Gasteiger partial charge in [-0.15, -0.1) is 24.0 Å². The van der Waals surface area contributed by atoms with Gasteiger partial charge >= 0.3 is 0 Å². The predicted molar refractivity (Wildman–Crippen MR) is 137 cm³/mol. The maximum Gasteiger partial charge on any atom is 0.191 e. The molecule has 1 aliphatic rings. The summed E-state index contributed by atoms with van der Waals surface area (Å²) in [4.78, 5) is 6.73. The molecule has 7 nitrogen and oxygen atoms in total. The van der Waals surface area contributed by atoms with E-state index in [1.807, 2.05) is 30.3 Å². The second-order valence-electron chi connectivity index (χ2n) is 7.34. The first-order valence-electron chi connectivity index (χ1n) is 10.4. The Bertz CT molecular complexity index is 862. The zero-order valence-electron chi connectivity index (χ0n) is 18.4. The number of methoxy groups -OCH3 is 2. The smallest absolute Gasteiger partial charge is 0.191 e. The zero-order chi connectivity index (χ0) is 21.3. The van der Waals surface area contributed by atoms with Gasteiger partial charge in [0, 0.05) is 38.8 Å². The summed E-state index contributed by atoms with van der Waals surface area (Å²) in [6.07, 6.45) is 2.88. The van der Waals surface area contributed by atoms with Gasteiger partial charge in [-0.25, -0.2) is 0 Å². The van der Waals surface area contributed by atoms with Gasteiger partial charge < -0.3 is 30.1 Å². The molecule has 8 heteroatoms. The lowest BCUT2D eigenvalue weighted by atomic mass is 10.0. The molecule has 170 valence electrons. The number of aliphatic imine (C=N–C) groups is 1. The van der Waals surface area contributed by atoms with Crippen molar-refractivity contribution in [3.8, 4) is 17.2 Å². The van der Waals surface area contributed by atoms with Crippen LogP contribution >= 0.6 is 24.0 Å². The number of phenolic OH excluding ortho intramolecular Hbond substituents is 1. The number of rotatable bonds is 7. The van der Waals surface area contributed by atoms with Crippen molar-refractivity contribution >= 4 is 35.6 Å². The first-order chi connectivity index (χ1) is 14.6. The minimum absolute atomic E-state index is 0. The van der Waals surface area contributed by atoms with E-state index in [0.29, 0.717) is 24.8 Å². The van der Waals surface area contributed by atoms with Crippen LogP contribution in [0.1, 0.15) is 18.4 Å². The molecule has 1 heterocycles. The number of nitrogens with one attached hydrogen (secondary N) is 2. The quantitative estimate of drug-likeness (QED) is 0.284. The zero-order valence-corrected chi connectivity index (χ0v) is 20.8. The Morgan fingerprint density at radius 1 is 1.19 bits per heavy atom. The second kappa shape index (κ2) is 12.5. The second-order valence-corrected chi connectivity index (χ2v) is 7.34. The van der Waals surface area contributed by atoms with Gasteiger partial charge in [0.25, 0.3) is 0 Å². The molecule has 31 heavy (non-hydrogen) atoms. The number of piperidine rings is 1. The molecule has 0 radical (unpaired) electrons. The normalized spacial score (nSPS) is 16.3. The number of para-hydroxylation sites is 2.